The molecule has 0 heterocycles. The maximum atomic E-state index is 13.7. The first kappa shape index (κ1) is 23.6. The van der Waals surface area contributed by atoms with Gasteiger partial charge < -0.3 is 0 Å². The Morgan fingerprint density at radius 3 is 0.839 bits per heavy atom. The van der Waals surface area contributed by atoms with Gasteiger partial charge in [-0.2, -0.15) is 0 Å². The van der Waals surface area contributed by atoms with Gasteiger partial charge in [-0.25, -0.2) is 0 Å². The van der Waals surface area contributed by atoms with Gasteiger partial charge in [0.25, 0.3) is 0 Å². The molecule has 0 atom stereocenters. The monoisotopic (exact) mass is 644 g/mol. The molecule has 0 radical (unpaired) electrons. The third-order valence-corrected chi connectivity index (χ3v) is 14.5. The molecule has 0 nitrogen and oxygen atoms in total. The number of halogens is 9. The minimum atomic E-state index is -4.94. The van der Waals surface area contributed by atoms with Gasteiger partial charge in [0.05, 0.1) is 0 Å². The third-order valence-electron chi connectivity index (χ3n) is 4.35. The molecule has 0 amide bonds. The zero-order valence-corrected chi connectivity index (χ0v) is 18.8. The van der Waals surface area contributed by atoms with Gasteiger partial charge in [0.2, 0.25) is 0 Å². The normalized spacial score (nSPS) is 13.0. The third kappa shape index (κ3) is 5.05. The fraction of sp³-hybridized carbons (Fsp3) is 0.143. The number of rotatable bonds is 3. The molecule has 0 saturated carbocycles. The van der Waals surface area contributed by atoms with E-state index in [1.807, 2.05) is 0 Å². The number of alkyl halides is 9. The summed E-state index contributed by atoms with van der Waals surface area (Å²) < 4.78 is 122. The van der Waals surface area contributed by atoms with E-state index in [0.29, 0.717) is 18.2 Å². The van der Waals surface area contributed by atoms with Crippen LogP contribution in [-0.4, -0.2) is 21.8 Å². The molecule has 0 fully saturated rings. The molecule has 0 bridgehead atoms. The topological polar surface area (TPSA) is 0 Å². The van der Waals surface area contributed by atoms with Crippen LogP contribution in [0.5, 0.6) is 0 Å². The van der Waals surface area contributed by atoms with Gasteiger partial charge in [-0.05, 0) is 0 Å². The molecule has 0 aromatic heterocycles. The standard InChI is InChI=1S/3C7H4F3.Bi/c3*8-7(9,10)6-4-2-1-3-5-6;/h3*1-4H;. The summed E-state index contributed by atoms with van der Waals surface area (Å²) in [5.41, 5.74) is -3.66. The van der Waals surface area contributed by atoms with Crippen LogP contribution in [0, 0.1) is 0 Å². The first-order valence-corrected chi connectivity index (χ1v) is 13.8. The summed E-state index contributed by atoms with van der Waals surface area (Å²) in [6.07, 6.45) is -14.8. The molecule has 31 heavy (non-hydrogen) atoms. The molecule has 0 aliphatic rings. The van der Waals surface area contributed by atoms with Crippen molar-refractivity contribution in [1.82, 2.24) is 0 Å². The van der Waals surface area contributed by atoms with Crippen molar-refractivity contribution in [3.63, 3.8) is 0 Å². The van der Waals surface area contributed by atoms with Gasteiger partial charge >= 0.3 is 179 Å². The predicted molar refractivity (Wildman–Crippen MR) is 99.0 cm³/mol. The molecule has 3 aromatic carbocycles. The molecule has 164 valence electrons. The Labute approximate surface area is 179 Å². The van der Waals surface area contributed by atoms with Gasteiger partial charge in [-0.15, -0.1) is 0 Å². The van der Waals surface area contributed by atoms with E-state index < -0.39 is 66.8 Å². The number of hydrogen-bond acceptors (Lipinski definition) is 0. The summed E-state index contributed by atoms with van der Waals surface area (Å²) in [4.78, 5) is 0. The average molecular weight is 644 g/mol. The van der Waals surface area contributed by atoms with E-state index >= 15 is 0 Å². The van der Waals surface area contributed by atoms with Crippen LogP contribution in [-0.2, 0) is 18.5 Å². The molecule has 0 N–H and O–H groups in total. The fourth-order valence-corrected chi connectivity index (χ4v) is 14.0. The second-order valence-electron chi connectivity index (χ2n) is 6.38. The Morgan fingerprint density at radius 2 is 0.613 bits per heavy atom. The fourth-order valence-electron chi connectivity index (χ4n) is 3.11. The van der Waals surface area contributed by atoms with Crippen molar-refractivity contribution < 1.29 is 39.5 Å². The van der Waals surface area contributed by atoms with Crippen LogP contribution in [0.3, 0.4) is 0 Å². The predicted octanol–water partition coefficient (Wildman–Crippen LogP) is 5.26. The van der Waals surface area contributed by atoms with Gasteiger partial charge in [0.15, 0.2) is 0 Å². The van der Waals surface area contributed by atoms with Crippen molar-refractivity contribution in [2.75, 3.05) is 0 Å². The van der Waals surface area contributed by atoms with Crippen LogP contribution in [0.1, 0.15) is 16.7 Å². The molecule has 10 heteroatoms. The van der Waals surface area contributed by atoms with Crippen molar-refractivity contribution >= 4 is 31.6 Å². The van der Waals surface area contributed by atoms with Crippen LogP contribution in [0.25, 0.3) is 0 Å². The Balaban J connectivity index is 2.44. The average Bonchev–Trinajstić information content (AvgIpc) is 2.67. The zero-order chi connectivity index (χ0) is 23.0. The SMILES string of the molecule is FC(F)(F)c1cccc[c]1[Bi]([c]1ccccc1C(F)(F)F)[c]1ccccc1C(F)(F)F. The first-order valence-electron chi connectivity index (χ1n) is 8.60. The van der Waals surface area contributed by atoms with Gasteiger partial charge in [0.1, 0.15) is 0 Å². The Bertz CT molecular complexity index is 928. The molecule has 3 rings (SSSR count). The molecule has 0 spiro atoms. The molecule has 0 saturated heterocycles. The molecule has 3 aromatic rings. The van der Waals surface area contributed by atoms with Gasteiger partial charge in [-0.3, -0.25) is 0 Å². The first-order chi connectivity index (χ1) is 14.3. The summed E-state index contributed by atoms with van der Waals surface area (Å²) in [6.45, 7) is 0. The summed E-state index contributed by atoms with van der Waals surface area (Å²) in [5.74, 6) is 0. The molecule has 0 aliphatic carbocycles. The van der Waals surface area contributed by atoms with E-state index in [9.17, 15) is 39.5 Å². The summed E-state index contributed by atoms with van der Waals surface area (Å²) in [5, 5.41) is 0. The second-order valence-corrected chi connectivity index (χ2v) is 14.6. The molecular weight excluding hydrogens is 632 g/mol. The van der Waals surface area contributed by atoms with E-state index in [1.54, 1.807) is 0 Å². The zero-order valence-electron chi connectivity index (χ0n) is 15.3. The quantitative estimate of drug-likeness (QED) is 0.270. The Morgan fingerprint density at radius 1 is 0.387 bits per heavy atom. The van der Waals surface area contributed by atoms with Crippen molar-refractivity contribution in [2.24, 2.45) is 0 Å². The molecule has 0 unspecified atom stereocenters. The molecule has 0 aliphatic heterocycles. The van der Waals surface area contributed by atoms with Crippen LogP contribution >= 0.6 is 0 Å². The number of benzene rings is 3. The Hall–Kier alpha value is -2.09. The molecular formula is C21H12BiF9. The van der Waals surface area contributed by atoms with Crippen LogP contribution < -0.4 is 9.81 Å². The van der Waals surface area contributed by atoms with E-state index in [4.69, 9.17) is 0 Å². The van der Waals surface area contributed by atoms with E-state index in [2.05, 4.69) is 0 Å². The Kier molecular flexibility index (Phi) is 6.43. The number of hydrogen-bond donors (Lipinski definition) is 0. The van der Waals surface area contributed by atoms with Crippen LogP contribution in [0.2, 0.25) is 0 Å². The van der Waals surface area contributed by atoms with Crippen molar-refractivity contribution in [2.45, 2.75) is 18.5 Å². The maximum absolute atomic E-state index is 13.7. The van der Waals surface area contributed by atoms with Crippen molar-refractivity contribution in [3.05, 3.63) is 89.5 Å². The van der Waals surface area contributed by atoms with E-state index in [0.717, 1.165) is 36.4 Å². The van der Waals surface area contributed by atoms with Crippen LogP contribution in [0.15, 0.2) is 72.8 Å². The van der Waals surface area contributed by atoms with Gasteiger partial charge in [0, 0.05) is 0 Å². The summed E-state index contributed by atoms with van der Waals surface area (Å²) in [7, 11) is 0. The van der Waals surface area contributed by atoms with Gasteiger partial charge in [-0.1, -0.05) is 0 Å². The summed E-state index contributed by atoms with van der Waals surface area (Å²) in [6, 6.07) is 11.8. The van der Waals surface area contributed by atoms with E-state index in [1.165, 1.54) is 18.2 Å². The summed E-state index contributed by atoms with van der Waals surface area (Å²) >= 11 is -4.78. The van der Waals surface area contributed by atoms with E-state index in [-0.39, 0.29) is 0 Å². The minimum absolute atomic E-state index is 0.501. The van der Waals surface area contributed by atoms with Crippen molar-refractivity contribution in [3.8, 4) is 0 Å². The second kappa shape index (κ2) is 8.45. The van der Waals surface area contributed by atoms with Crippen molar-refractivity contribution in [1.29, 1.82) is 0 Å². The van der Waals surface area contributed by atoms with Crippen LogP contribution in [0.4, 0.5) is 39.5 Å².